The molecule has 1 saturated heterocycles. The summed E-state index contributed by atoms with van der Waals surface area (Å²) in [5, 5.41) is 1.77. The lowest BCUT2D eigenvalue weighted by molar-refractivity contribution is -0.136. The van der Waals surface area contributed by atoms with Crippen LogP contribution >= 0.6 is 0 Å². The molecule has 1 unspecified atom stereocenters. The monoisotopic (exact) mass is 247 g/mol. The van der Waals surface area contributed by atoms with E-state index in [1.807, 2.05) is 30.0 Å². The molecule has 1 aliphatic rings. The molecule has 0 aromatic heterocycles. The number of rotatable bonds is 3. The van der Waals surface area contributed by atoms with Crippen molar-refractivity contribution >= 4 is 5.91 Å². The summed E-state index contributed by atoms with van der Waals surface area (Å²) in [7, 11) is 0. The van der Waals surface area contributed by atoms with Crippen molar-refractivity contribution in [3.63, 3.8) is 0 Å². The molecule has 1 aliphatic heterocycles. The number of nitrogens with two attached hydrogens (primary N) is 1. The Morgan fingerprint density at radius 3 is 2.44 bits per heavy atom. The maximum absolute atomic E-state index is 12.3. The van der Waals surface area contributed by atoms with E-state index >= 15 is 0 Å². The molecular weight excluding hydrogens is 226 g/mol. The number of piperazine rings is 1. The highest BCUT2D eigenvalue weighted by atomic mass is 16.2. The summed E-state index contributed by atoms with van der Waals surface area (Å²) in [5.74, 6) is 5.97. The number of hydrogen-bond acceptors (Lipinski definition) is 3. The fourth-order valence-corrected chi connectivity index (χ4v) is 2.31. The molecule has 1 heterocycles. The first kappa shape index (κ1) is 13.1. The van der Waals surface area contributed by atoms with Gasteiger partial charge in [0.15, 0.2) is 0 Å². The standard InChI is InChI=1S/C14H21N3O/c1-12(11-13-5-3-2-4-6-13)14(18)16-7-9-17(15)10-8-16/h2-6,12H,7-11,15H2,1H3. The Labute approximate surface area is 108 Å². The number of amides is 1. The van der Waals surface area contributed by atoms with E-state index in [2.05, 4.69) is 12.1 Å². The van der Waals surface area contributed by atoms with E-state index in [0.717, 1.165) is 32.6 Å². The van der Waals surface area contributed by atoms with E-state index in [4.69, 9.17) is 5.84 Å². The van der Waals surface area contributed by atoms with Gasteiger partial charge in [0.05, 0.1) is 0 Å². The van der Waals surface area contributed by atoms with Gasteiger partial charge < -0.3 is 4.90 Å². The molecule has 2 rings (SSSR count). The van der Waals surface area contributed by atoms with Crippen molar-refractivity contribution in [1.82, 2.24) is 9.91 Å². The van der Waals surface area contributed by atoms with Gasteiger partial charge in [0.2, 0.25) is 5.91 Å². The number of nitrogens with zero attached hydrogens (tertiary/aromatic N) is 2. The molecule has 4 heteroatoms. The predicted octanol–water partition coefficient (Wildman–Crippen LogP) is 0.883. The highest BCUT2D eigenvalue weighted by Crippen LogP contribution is 2.12. The van der Waals surface area contributed by atoms with E-state index < -0.39 is 0 Å². The smallest absolute Gasteiger partial charge is 0.225 e. The molecule has 0 spiro atoms. The van der Waals surface area contributed by atoms with Crippen molar-refractivity contribution in [1.29, 1.82) is 0 Å². The average molecular weight is 247 g/mol. The van der Waals surface area contributed by atoms with Crippen LogP contribution in [-0.2, 0) is 11.2 Å². The molecule has 0 saturated carbocycles. The summed E-state index contributed by atoms with van der Waals surface area (Å²) < 4.78 is 0. The summed E-state index contributed by atoms with van der Waals surface area (Å²) in [6.45, 7) is 5.03. The zero-order valence-corrected chi connectivity index (χ0v) is 10.9. The largest absolute Gasteiger partial charge is 0.340 e. The van der Waals surface area contributed by atoms with E-state index in [1.54, 1.807) is 5.01 Å². The minimum absolute atomic E-state index is 0.0386. The molecule has 0 aliphatic carbocycles. The Kier molecular flexibility index (Phi) is 4.33. The van der Waals surface area contributed by atoms with Gasteiger partial charge in [-0.1, -0.05) is 37.3 Å². The van der Waals surface area contributed by atoms with Gasteiger partial charge in [-0.15, -0.1) is 0 Å². The minimum Gasteiger partial charge on any atom is -0.340 e. The van der Waals surface area contributed by atoms with E-state index in [9.17, 15) is 4.79 Å². The van der Waals surface area contributed by atoms with E-state index in [1.165, 1.54) is 5.56 Å². The lowest BCUT2D eigenvalue weighted by atomic mass is 9.99. The summed E-state index contributed by atoms with van der Waals surface area (Å²) in [4.78, 5) is 14.2. The number of carbonyl (C=O) groups is 1. The highest BCUT2D eigenvalue weighted by molar-refractivity contribution is 5.78. The van der Waals surface area contributed by atoms with Gasteiger partial charge in [-0.05, 0) is 12.0 Å². The first-order valence-corrected chi connectivity index (χ1v) is 6.49. The topological polar surface area (TPSA) is 49.6 Å². The zero-order chi connectivity index (χ0) is 13.0. The Bertz CT molecular complexity index is 385. The summed E-state index contributed by atoms with van der Waals surface area (Å²) in [6, 6.07) is 10.2. The van der Waals surface area contributed by atoms with Gasteiger partial charge in [-0.3, -0.25) is 10.6 Å². The number of hydrogen-bond donors (Lipinski definition) is 1. The molecule has 18 heavy (non-hydrogen) atoms. The summed E-state index contributed by atoms with van der Waals surface area (Å²) in [5.41, 5.74) is 1.22. The average Bonchev–Trinajstić information content (AvgIpc) is 2.40. The lowest BCUT2D eigenvalue weighted by Crippen LogP contribution is -2.52. The van der Waals surface area contributed by atoms with Crippen molar-refractivity contribution in [3.8, 4) is 0 Å². The molecule has 1 fully saturated rings. The van der Waals surface area contributed by atoms with Crippen LogP contribution in [0.5, 0.6) is 0 Å². The normalized spacial score (nSPS) is 18.7. The highest BCUT2D eigenvalue weighted by Gasteiger charge is 2.23. The summed E-state index contributed by atoms with van der Waals surface area (Å²) in [6.07, 6.45) is 0.808. The molecule has 1 aromatic carbocycles. The molecule has 4 nitrogen and oxygen atoms in total. The molecular formula is C14H21N3O. The van der Waals surface area contributed by atoms with Crippen LogP contribution < -0.4 is 5.84 Å². The van der Waals surface area contributed by atoms with Crippen molar-refractivity contribution < 1.29 is 4.79 Å². The Morgan fingerprint density at radius 2 is 1.83 bits per heavy atom. The van der Waals surface area contributed by atoms with Gasteiger partial charge in [0, 0.05) is 32.1 Å². The van der Waals surface area contributed by atoms with Gasteiger partial charge in [0.25, 0.3) is 0 Å². The first-order valence-electron chi connectivity index (χ1n) is 6.49. The van der Waals surface area contributed by atoms with Crippen molar-refractivity contribution in [2.45, 2.75) is 13.3 Å². The van der Waals surface area contributed by atoms with Gasteiger partial charge in [0.1, 0.15) is 0 Å². The third-order valence-corrected chi connectivity index (χ3v) is 3.43. The van der Waals surface area contributed by atoms with Crippen LogP contribution in [0.4, 0.5) is 0 Å². The van der Waals surface area contributed by atoms with Crippen LogP contribution in [0, 0.1) is 5.92 Å². The van der Waals surface area contributed by atoms with E-state index in [-0.39, 0.29) is 11.8 Å². The van der Waals surface area contributed by atoms with Gasteiger partial charge in [-0.2, -0.15) is 0 Å². The number of hydrazine groups is 1. The lowest BCUT2D eigenvalue weighted by Gasteiger charge is -2.33. The van der Waals surface area contributed by atoms with Crippen LogP contribution in [0.1, 0.15) is 12.5 Å². The van der Waals surface area contributed by atoms with Crippen molar-refractivity contribution in [2.75, 3.05) is 26.2 Å². The second-order valence-corrected chi connectivity index (χ2v) is 4.95. The number of benzene rings is 1. The molecule has 0 bridgehead atoms. The maximum Gasteiger partial charge on any atom is 0.225 e. The molecule has 0 radical (unpaired) electrons. The second-order valence-electron chi connectivity index (χ2n) is 4.95. The quantitative estimate of drug-likeness (QED) is 0.807. The minimum atomic E-state index is 0.0386. The van der Waals surface area contributed by atoms with Crippen molar-refractivity contribution in [3.05, 3.63) is 35.9 Å². The van der Waals surface area contributed by atoms with Gasteiger partial charge in [-0.25, -0.2) is 5.01 Å². The SMILES string of the molecule is CC(Cc1ccccc1)C(=O)N1CCN(N)CC1. The second kappa shape index (κ2) is 5.98. The Balaban J connectivity index is 1.89. The molecule has 98 valence electrons. The summed E-state index contributed by atoms with van der Waals surface area (Å²) >= 11 is 0. The molecule has 2 N–H and O–H groups in total. The van der Waals surface area contributed by atoms with Crippen LogP contribution in [-0.4, -0.2) is 42.0 Å². The maximum atomic E-state index is 12.3. The van der Waals surface area contributed by atoms with Crippen LogP contribution in [0.2, 0.25) is 0 Å². The zero-order valence-electron chi connectivity index (χ0n) is 10.9. The third kappa shape index (κ3) is 3.31. The molecule has 1 amide bonds. The van der Waals surface area contributed by atoms with Gasteiger partial charge >= 0.3 is 0 Å². The van der Waals surface area contributed by atoms with Crippen LogP contribution in [0.15, 0.2) is 30.3 Å². The van der Waals surface area contributed by atoms with E-state index in [0.29, 0.717) is 0 Å². The number of carbonyl (C=O) groups excluding carboxylic acids is 1. The first-order chi connectivity index (χ1) is 8.66. The van der Waals surface area contributed by atoms with Crippen molar-refractivity contribution in [2.24, 2.45) is 11.8 Å². The Morgan fingerprint density at radius 1 is 1.22 bits per heavy atom. The third-order valence-electron chi connectivity index (χ3n) is 3.43. The predicted molar refractivity (Wildman–Crippen MR) is 71.7 cm³/mol. The molecule has 1 atom stereocenters. The molecule has 1 aromatic rings. The van der Waals surface area contributed by atoms with Crippen LogP contribution in [0.3, 0.4) is 0 Å². The fraction of sp³-hybridized carbons (Fsp3) is 0.500. The Hall–Kier alpha value is -1.39. The van der Waals surface area contributed by atoms with Crippen LogP contribution in [0.25, 0.3) is 0 Å². The fourth-order valence-electron chi connectivity index (χ4n) is 2.31.